The van der Waals surface area contributed by atoms with Gasteiger partial charge in [0.15, 0.2) is 0 Å². The van der Waals surface area contributed by atoms with Crippen molar-refractivity contribution < 1.29 is 5.11 Å². The summed E-state index contributed by atoms with van der Waals surface area (Å²) in [5.74, 6) is 0. The molecule has 0 aromatic carbocycles. The summed E-state index contributed by atoms with van der Waals surface area (Å²) < 4.78 is 0. The zero-order chi connectivity index (χ0) is 30.8. The van der Waals surface area contributed by atoms with Crippen LogP contribution in [0.2, 0.25) is 0 Å². The van der Waals surface area contributed by atoms with Gasteiger partial charge in [-0.1, -0.05) is 162 Å². The molecule has 41 heavy (non-hydrogen) atoms. The Kier molecular flexibility index (Phi) is 16.4. The zero-order valence-corrected chi connectivity index (χ0v) is 27.3. The summed E-state index contributed by atoms with van der Waals surface area (Å²) in [5, 5.41) is 10.1. The number of allylic oxidation sites excluding steroid dienone is 25. The topological polar surface area (TPSA) is 20.2 Å². The summed E-state index contributed by atoms with van der Waals surface area (Å²) >= 11 is 0. The molecule has 1 aliphatic rings. The van der Waals surface area contributed by atoms with Gasteiger partial charge in [-0.05, 0) is 79.2 Å². The van der Waals surface area contributed by atoms with E-state index in [4.69, 9.17) is 0 Å². The first kappa shape index (κ1) is 35.6. The summed E-state index contributed by atoms with van der Waals surface area (Å²) in [4.78, 5) is 0. The average molecular weight is 551 g/mol. The molecule has 1 unspecified atom stereocenters. The molecule has 0 amide bonds. The molecule has 0 radical (unpaired) electrons. The fourth-order valence-corrected chi connectivity index (χ4v) is 4.53. The highest BCUT2D eigenvalue weighted by Gasteiger charge is 2.31. The van der Waals surface area contributed by atoms with E-state index in [9.17, 15) is 5.11 Å². The van der Waals surface area contributed by atoms with E-state index in [0.717, 1.165) is 12.8 Å². The summed E-state index contributed by atoms with van der Waals surface area (Å²) in [6.07, 6.45) is 39.5. The van der Waals surface area contributed by atoms with Crippen molar-refractivity contribution in [1.82, 2.24) is 0 Å². The lowest BCUT2D eigenvalue weighted by Crippen LogP contribution is -2.28. The molecule has 0 bridgehead atoms. The van der Waals surface area contributed by atoms with E-state index < -0.39 is 0 Å². The Morgan fingerprint density at radius 3 is 1.34 bits per heavy atom. The standard InChI is InChI=1S/C40H54O/c1-31(2)17-13-20-34(5)23-15-25-35(6)24-14-21-32(3)18-11-12-19-33(4)22-16-26-36(7)27-28-39-37(8)29-38(41)30-40(39,9)10/h11-28,38,41H,29-30H2,1-10H3/b12-11+,20-13+,21-14+,22-16+,25-15+,28-27+,32-18+,33-19+,34-23+,35-24+,36-26+. The fraction of sp³-hybridized carbons (Fsp3) is 0.350. The highest BCUT2D eigenvalue weighted by atomic mass is 16.3. The third-order valence-corrected chi connectivity index (χ3v) is 6.76. The van der Waals surface area contributed by atoms with Crippen LogP contribution in [0.15, 0.2) is 154 Å². The molecule has 0 heterocycles. The molecule has 0 aromatic heterocycles. The lowest BCUT2D eigenvalue weighted by molar-refractivity contribution is 0.116. The maximum Gasteiger partial charge on any atom is 0.0585 e. The summed E-state index contributed by atoms with van der Waals surface area (Å²) in [7, 11) is 0. The van der Waals surface area contributed by atoms with Crippen molar-refractivity contribution in [1.29, 1.82) is 0 Å². The Hall–Kier alpha value is -3.42. The molecule has 1 aliphatic carbocycles. The predicted octanol–water partition coefficient (Wildman–Crippen LogP) is 11.5. The van der Waals surface area contributed by atoms with E-state index in [1.807, 2.05) is 0 Å². The van der Waals surface area contributed by atoms with Gasteiger partial charge in [-0.3, -0.25) is 0 Å². The highest BCUT2D eigenvalue weighted by molar-refractivity contribution is 5.38. The van der Waals surface area contributed by atoms with E-state index >= 15 is 0 Å². The van der Waals surface area contributed by atoms with E-state index in [0.29, 0.717) is 0 Å². The number of aliphatic hydroxyl groups excluding tert-OH is 1. The lowest BCUT2D eigenvalue weighted by Gasteiger charge is -2.35. The highest BCUT2D eigenvalue weighted by Crippen LogP contribution is 2.41. The zero-order valence-electron chi connectivity index (χ0n) is 27.3. The van der Waals surface area contributed by atoms with Gasteiger partial charge in [0.05, 0.1) is 6.10 Å². The van der Waals surface area contributed by atoms with Gasteiger partial charge in [-0.2, -0.15) is 0 Å². The van der Waals surface area contributed by atoms with Crippen LogP contribution < -0.4 is 0 Å². The molecule has 0 spiro atoms. The van der Waals surface area contributed by atoms with Crippen LogP contribution in [-0.2, 0) is 0 Å². The van der Waals surface area contributed by atoms with Crippen LogP contribution in [0.25, 0.3) is 0 Å². The van der Waals surface area contributed by atoms with Crippen molar-refractivity contribution in [3.05, 3.63) is 154 Å². The minimum atomic E-state index is -0.223. The van der Waals surface area contributed by atoms with Crippen molar-refractivity contribution in [3.8, 4) is 0 Å². The number of rotatable bonds is 12. The van der Waals surface area contributed by atoms with Crippen LogP contribution in [0.4, 0.5) is 0 Å². The molecule has 0 saturated carbocycles. The van der Waals surface area contributed by atoms with Crippen LogP contribution in [-0.4, -0.2) is 11.2 Å². The van der Waals surface area contributed by atoms with Crippen molar-refractivity contribution in [2.24, 2.45) is 5.41 Å². The Labute approximate surface area is 252 Å². The molecule has 220 valence electrons. The fourth-order valence-electron chi connectivity index (χ4n) is 4.53. The first-order valence-corrected chi connectivity index (χ1v) is 14.7. The second-order valence-electron chi connectivity index (χ2n) is 12.1. The van der Waals surface area contributed by atoms with Crippen LogP contribution in [0.5, 0.6) is 0 Å². The minimum absolute atomic E-state index is 0.00964. The van der Waals surface area contributed by atoms with Crippen LogP contribution >= 0.6 is 0 Å². The Bertz CT molecular complexity index is 1260. The van der Waals surface area contributed by atoms with E-state index in [1.54, 1.807) is 0 Å². The monoisotopic (exact) mass is 550 g/mol. The molecule has 0 aliphatic heterocycles. The van der Waals surface area contributed by atoms with Gasteiger partial charge in [-0.15, -0.1) is 0 Å². The SMILES string of the molecule is CC(C)=C/C=C/C(C)=C/C=C/C(C)=C/C=C/C(C)=C/C=C/C=C(C)/C=C/C=C(C)/C=C/C1=C(C)CC(O)CC1(C)C. The van der Waals surface area contributed by atoms with Gasteiger partial charge >= 0.3 is 0 Å². The second kappa shape index (κ2) is 18.8. The van der Waals surface area contributed by atoms with Crippen molar-refractivity contribution in [2.75, 3.05) is 0 Å². The van der Waals surface area contributed by atoms with Gasteiger partial charge in [0.2, 0.25) is 0 Å². The van der Waals surface area contributed by atoms with Crippen molar-refractivity contribution >= 4 is 0 Å². The second-order valence-corrected chi connectivity index (χ2v) is 12.1. The predicted molar refractivity (Wildman–Crippen MR) is 185 cm³/mol. The normalized spacial score (nSPS) is 20.4. The molecule has 1 atom stereocenters. The van der Waals surface area contributed by atoms with Gasteiger partial charge in [0, 0.05) is 0 Å². The van der Waals surface area contributed by atoms with E-state index in [1.165, 1.54) is 44.6 Å². The third kappa shape index (κ3) is 16.4. The van der Waals surface area contributed by atoms with Gasteiger partial charge in [-0.25, -0.2) is 0 Å². The molecule has 1 rings (SSSR count). The van der Waals surface area contributed by atoms with Crippen LogP contribution in [0, 0.1) is 5.41 Å². The first-order chi connectivity index (χ1) is 19.3. The van der Waals surface area contributed by atoms with Crippen LogP contribution in [0.3, 0.4) is 0 Å². The van der Waals surface area contributed by atoms with Crippen molar-refractivity contribution in [2.45, 2.75) is 88.2 Å². The van der Waals surface area contributed by atoms with Gasteiger partial charge in [0.25, 0.3) is 0 Å². The summed E-state index contributed by atoms with van der Waals surface area (Å²) in [6.45, 7) is 21.3. The molecule has 1 heteroatoms. The van der Waals surface area contributed by atoms with Gasteiger partial charge in [0.1, 0.15) is 0 Å². The maximum absolute atomic E-state index is 10.1. The largest absolute Gasteiger partial charge is 0.393 e. The smallest absolute Gasteiger partial charge is 0.0585 e. The van der Waals surface area contributed by atoms with E-state index in [2.05, 4.69) is 179 Å². The van der Waals surface area contributed by atoms with Gasteiger partial charge < -0.3 is 5.11 Å². The molecule has 1 N–H and O–H groups in total. The molecular weight excluding hydrogens is 496 g/mol. The van der Waals surface area contributed by atoms with Crippen molar-refractivity contribution in [3.63, 3.8) is 0 Å². The van der Waals surface area contributed by atoms with Crippen LogP contribution in [0.1, 0.15) is 82.1 Å². The van der Waals surface area contributed by atoms with E-state index in [-0.39, 0.29) is 11.5 Å². The molecular formula is C40H54O. The lowest BCUT2D eigenvalue weighted by atomic mass is 9.71. The molecule has 0 fully saturated rings. The maximum atomic E-state index is 10.1. The number of aliphatic hydroxyl groups is 1. The Morgan fingerprint density at radius 2 is 0.951 bits per heavy atom. The number of hydrogen-bond acceptors (Lipinski definition) is 1. The molecule has 0 saturated heterocycles. The minimum Gasteiger partial charge on any atom is -0.393 e. The first-order valence-electron chi connectivity index (χ1n) is 14.7. The number of hydrogen-bond donors (Lipinski definition) is 1. The summed E-state index contributed by atoms with van der Waals surface area (Å²) in [6, 6.07) is 0. The summed E-state index contributed by atoms with van der Waals surface area (Å²) in [5.41, 5.74) is 9.97. The third-order valence-electron chi connectivity index (χ3n) is 6.76. The Balaban J connectivity index is 2.63. The average Bonchev–Trinajstić information content (AvgIpc) is 2.85. The Morgan fingerprint density at radius 1 is 0.585 bits per heavy atom. The molecule has 0 aromatic rings. The quantitative estimate of drug-likeness (QED) is 0.240. The molecule has 1 nitrogen and oxygen atoms in total.